The molecule has 0 heterocycles. The molecular weight excluding hydrogens is 240 g/mol. The molecule has 0 aliphatic heterocycles. The van der Waals surface area contributed by atoms with Crippen molar-refractivity contribution >= 4 is 17.4 Å². The Balaban J connectivity index is 3.09. The summed E-state index contributed by atoms with van der Waals surface area (Å²) in [5.74, 6) is -0.337. The van der Waals surface area contributed by atoms with Gasteiger partial charge in [-0.1, -0.05) is 23.7 Å². The molecule has 92 valence electrons. The number of hydrogen-bond acceptors (Lipinski definition) is 4. The molecule has 1 rings (SSSR count). The van der Waals surface area contributed by atoms with Gasteiger partial charge in [-0.05, 0) is 12.1 Å². The number of Topliss-reactive ketones (excluding diaryl/α,β-unsaturated/α-hetero) is 1. The lowest BCUT2D eigenvalue weighted by Gasteiger charge is -2.13. The zero-order chi connectivity index (χ0) is 13.0. The van der Waals surface area contributed by atoms with Gasteiger partial charge in [-0.3, -0.25) is 4.79 Å². The van der Waals surface area contributed by atoms with Gasteiger partial charge < -0.3 is 15.7 Å². The summed E-state index contributed by atoms with van der Waals surface area (Å²) in [4.78, 5) is 13.7. The van der Waals surface area contributed by atoms with E-state index in [2.05, 4.69) is 0 Å². The van der Waals surface area contributed by atoms with Gasteiger partial charge in [0, 0.05) is 30.9 Å². The summed E-state index contributed by atoms with van der Waals surface area (Å²) in [7, 11) is 3.49. The number of nitrogens with two attached hydrogens (primary N) is 1. The highest BCUT2D eigenvalue weighted by Crippen LogP contribution is 2.15. The predicted octanol–water partition coefficient (Wildman–Crippen LogP) is 1.25. The van der Waals surface area contributed by atoms with E-state index >= 15 is 0 Å². The van der Waals surface area contributed by atoms with Gasteiger partial charge in [0.25, 0.3) is 0 Å². The van der Waals surface area contributed by atoms with E-state index in [1.165, 1.54) is 12.3 Å². The zero-order valence-electron chi connectivity index (χ0n) is 9.72. The molecular formula is C12H15ClN2O2. The van der Waals surface area contributed by atoms with E-state index in [1.54, 1.807) is 37.2 Å². The van der Waals surface area contributed by atoms with Crippen LogP contribution in [0.2, 0.25) is 5.02 Å². The number of carbonyl (C=O) groups excluding carboxylic acids is 1. The fraction of sp³-hybridized carbons (Fsp3) is 0.250. The molecule has 0 aromatic heterocycles. The lowest BCUT2D eigenvalue weighted by atomic mass is 10.0. The first kappa shape index (κ1) is 13.7. The molecule has 0 unspecified atom stereocenters. The molecule has 0 saturated heterocycles. The highest BCUT2D eigenvalue weighted by molar-refractivity contribution is 6.31. The molecule has 5 heteroatoms. The van der Waals surface area contributed by atoms with Crippen LogP contribution in [0.5, 0.6) is 0 Å². The first-order valence-electron chi connectivity index (χ1n) is 5.04. The van der Waals surface area contributed by atoms with Crippen LogP contribution in [0.4, 0.5) is 0 Å². The molecule has 1 aromatic rings. The highest BCUT2D eigenvalue weighted by Gasteiger charge is 2.17. The van der Waals surface area contributed by atoms with Crippen molar-refractivity contribution in [3.63, 3.8) is 0 Å². The molecule has 0 saturated carbocycles. The number of ketones is 1. The van der Waals surface area contributed by atoms with E-state index in [1.807, 2.05) is 0 Å². The molecule has 1 atom stereocenters. The van der Waals surface area contributed by atoms with Crippen molar-refractivity contribution in [3.8, 4) is 0 Å². The maximum Gasteiger partial charge on any atom is 0.194 e. The minimum atomic E-state index is -1.32. The van der Waals surface area contributed by atoms with Crippen molar-refractivity contribution in [2.45, 2.75) is 6.23 Å². The summed E-state index contributed by atoms with van der Waals surface area (Å²) in [5, 5.41) is 9.86. The SMILES string of the molecule is CN(C)/C=C(\C(=O)c1cccc(Cl)c1)[C@@H](N)O. The number of benzene rings is 1. The van der Waals surface area contributed by atoms with Gasteiger partial charge in [-0.25, -0.2) is 0 Å². The van der Waals surface area contributed by atoms with Crippen LogP contribution in [0.1, 0.15) is 10.4 Å². The first-order chi connectivity index (χ1) is 7.91. The number of carbonyl (C=O) groups is 1. The fourth-order valence-electron chi connectivity index (χ4n) is 1.34. The number of aliphatic hydroxyl groups excluding tert-OH is 1. The minimum Gasteiger partial charge on any atom is -0.383 e. The lowest BCUT2D eigenvalue weighted by Crippen LogP contribution is -2.28. The molecule has 4 nitrogen and oxygen atoms in total. The summed E-state index contributed by atoms with van der Waals surface area (Å²) in [6.07, 6.45) is 0.178. The Morgan fingerprint density at radius 2 is 2.18 bits per heavy atom. The normalized spacial score (nSPS) is 13.4. The Morgan fingerprint density at radius 3 is 2.65 bits per heavy atom. The van der Waals surface area contributed by atoms with Crippen LogP contribution in [-0.4, -0.2) is 36.1 Å². The van der Waals surface area contributed by atoms with Gasteiger partial charge >= 0.3 is 0 Å². The smallest absolute Gasteiger partial charge is 0.194 e. The van der Waals surface area contributed by atoms with E-state index < -0.39 is 6.23 Å². The van der Waals surface area contributed by atoms with E-state index in [9.17, 15) is 9.90 Å². The Morgan fingerprint density at radius 1 is 1.53 bits per heavy atom. The number of hydrogen-bond donors (Lipinski definition) is 2. The largest absolute Gasteiger partial charge is 0.383 e. The standard InChI is InChI=1S/C12H15ClN2O2/c1-15(2)7-10(12(14)17)11(16)8-4-3-5-9(13)6-8/h3-7,12,17H,14H2,1-2H3/b10-7+/t12-/m0/s1. The third-order valence-corrected chi connectivity index (χ3v) is 2.30. The summed E-state index contributed by atoms with van der Waals surface area (Å²) in [5.41, 5.74) is 5.89. The van der Waals surface area contributed by atoms with E-state index in [4.69, 9.17) is 17.3 Å². The van der Waals surface area contributed by atoms with Crippen molar-refractivity contribution in [1.82, 2.24) is 4.90 Å². The molecule has 0 fully saturated rings. The molecule has 0 spiro atoms. The number of rotatable bonds is 4. The van der Waals surface area contributed by atoms with Crippen LogP contribution < -0.4 is 5.73 Å². The summed E-state index contributed by atoms with van der Waals surface area (Å²) < 4.78 is 0. The van der Waals surface area contributed by atoms with Crippen LogP contribution >= 0.6 is 11.6 Å². The maximum atomic E-state index is 12.1. The molecule has 0 bridgehead atoms. The van der Waals surface area contributed by atoms with Crippen molar-refractivity contribution in [1.29, 1.82) is 0 Å². The van der Waals surface area contributed by atoms with Crippen LogP contribution in [0, 0.1) is 0 Å². The van der Waals surface area contributed by atoms with Crippen LogP contribution in [0.3, 0.4) is 0 Å². The third kappa shape index (κ3) is 3.85. The van der Waals surface area contributed by atoms with Gasteiger partial charge in [0.15, 0.2) is 5.78 Å². The van der Waals surface area contributed by atoms with Crippen molar-refractivity contribution < 1.29 is 9.90 Å². The minimum absolute atomic E-state index is 0.122. The summed E-state index contributed by atoms with van der Waals surface area (Å²) in [6.45, 7) is 0. The van der Waals surface area contributed by atoms with Crippen LogP contribution in [0.25, 0.3) is 0 Å². The van der Waals surface area contributed by atoms with E-state index in [0.29, 0.717) is 10.6 Å². The second kappa shape index (κ2) is 5.82. The topological polar surface area (TPSA) is 66.6 Å². The highest BCUT2D eigenvalue weighted by atomic mass is 35.5. The molecule has 1 aromatic carbocycles. The van der Waals surface area contributed by atoms with Crippen LogP contribution in [-0.2, 0) is 0 Å². The Hall–Kier alpha value is -1.36. The predicted molar refractivity (Wildman–Crippen MR) is 67.7 cm³/mol. The van der Waals surface area contributed by atoms with Gasteiger partial charge in [-0.15, -0.1) is 0 Å². The molecule has 3 N–H and O–H groups in total. The van der Waals surface area contributed by atoms with E-state index in [0.717, 1.165) is 0 Å². The second-order valence-electron chi connectivity index (χ2n) is 3.83. The average molecular weight is 255 g/mol. The Bertz CT molecular complexity index is 442. The van der Waals surface area contributed by atoms with Gasteiger partial charge in [0.05, 0.1) is 5.57 Å². The third-order valence-electron chi connectivity index (χ3n) is 2.06. The Labute approximate surface area is 105 Å². The van der Waals surface area contributed by atoms with Gasteiger partial charge in [-0.2, -0.15) is 0 Å². The molecule has 0 amide bonds. The fourth-order valence-corrected chi connectivity index (χ4v) is 1.53. The van der Waals surface area contributed by atoms with Gasteiger partial charge in [0.2, 0.25) is 0 Å². The molecule has 0 aliphatic rings. The van der Waals surface area contributed by atoms with Crippen molar-refractivity contribution in [2.75, 3.05) is 14.1 Å². The number of aliphatic hydroxyl groups is 1. The average Bonchev–Trinajstić information content (AvgIpc) is 2.24. The first-order valence-corrected chi connectivity index (χ1v) is 5.41. The number of nitrogens with zero attached hydrogens (tertiary/aromatic N) is 1. The molecule has 0 radical (unpaired) electrons. The van der Waals surface area contributed by atoms with E-state index in [-0.39, 0.29) is 11.4 Å². The van der Waals surface area contributed by atoms with Crippen LogP contribution in [0.15, 0.2) is 36.0 Å². The molecule has 17 heavy (non-hydrogen) atoms. The lowest BCUT2D eigenvalue weighted by molar-refractivity contribution is 0.0987. The van der Waals surface area contributed by atoms with Crippen molar-refractivity contribution in [3.05, 3.63) is 46.6 Å². The monoisotopic (exact) mass is 254 g/mol. The summed E-state index contributed by atoms with van der Waals surface area (Å²) in [6, 6.07) is 6.51. The summed E-state index contributed by atoms with van der Waals surface area (Å²) >= 11 is 5.80. The molecule has 0 aliphatic carbocycles. The van der Waals surface area contributed by atoms with Gasteiger partial charge in [0.1, 0.15) is 6.23 Å². The van der Waals surface area contributed by atoms with Crippen molar-refractivity contribution in [2.24, 2.45) is 5.73 Å². The number of halogens is 1. The quantitative estimate of drug-likeness (QED) is 0.482. The zero-order valence-corrected chi connectivity index (χ0v) is 10.5. The maximum absolute atomic E-state index is 12.1. The Kier molecular flexibility index (Phi) is 4.69. The second-order valence-corrected chi connectivity index (χ2v) is 4.27.